The molecule has 5 aliphatic heterocycles. The van der Waals surface area contributed by atoms with E-state index in [9.17, 15) is 4.79 Å². The topological polar surface area (TPSA) is 63.3 Å². The fraction of sp³-hybridized carbons (Fsp3) is 0.750. The Bertz CT molecular complexity index is 1040. The van der Waals surface area contributed by atoms with Crippen molar-refractivity contribution in [1.29, 1.82) is 0 Å². The van der Waals surface area contributed by atoms with Crippen molar-refractivity contribution in [3.63, 3.8) is 0 Å². The van der Waals surface area contributed by atoms with Crippen molar-refractivity contribution >= 4 is 24.2 Å². The average Bonchev–Trinajstić information content (AvgIpc) is 3.35. The molecule has 1 aromatic carbocycles. The number of nitrogens with one attached hydrogen (secondary N) is 1. The molecule has 1 spiro atoms. The van der Waals surface area contributed by atoms with Crippen LogP contribution in [0.2, 0.25) is 0 Å². The Morgan fingerprint density at radius 1 is 0.944 bits per heavy atom. The summed E-state index contributed by atoms with van der Waals surface area (Å²) in [5.41, 5.74) is 2.15. The lowest BCUT2D eigenvalue weighted by Crippen LogP contribution is -2.60. The first kappa shape index (κ1) is 23.7. The van der Waals surface area contributed by atoms with Crippen LogP contribution < -0.4 is 15.7 Å². The molecule has 1 aromatic rings. The maximum Gasteiger partial charge on any atom is 0.494 e. The fourth-order valence-electron chi connectivity index (χ4n) is 7.45. The molecule has 1 saturated carbocycles. The minimum Gasteiger partial charge on any atom is -0.399 e. The van der Waals surface area contributed by atoms with Gasteiger partial charge in [0, 0.05) is 30.9 Å². The van der Waals surface area contributed by atoms with Gasteiger partial charge in [-0.05, 0) is 96.4 Å². The van der Waals surface area contributed by atoms with Gasteiger partial charge in [-0.2, -0.15) is 0 Å². The molecule has 36 heavy (non-hydrogen) atoms. The molecular formula is C28H40BN3O4. The van der Waals surface area contributed by atoms with Gasteiger partial charge >= 0.3 is 7.12 Å². The number of anilines is 1. The highest BCUT2D eigenvalue weighted by Gasteiger charge is 2.56. The molecule has 2 atom stereocenters. The van der Waals surface area contributed by atoms with Gasteiger partial charge in [0.1, 0.15) is 0 Å². The van der Waals surface area contributed by atoms with Crippen LogP contribution in [-0.4, -0.2) is 79.6 Å². The molecule has 194 valence electrons. The van der Waals surface area contributed by atoms with E-state index in [-0.39, 0.29) is 17.2 Å². The van der Waals surface area contributed by atoms with Crippen LogP contribution in [-0.2, 0) is 24.3 Å². The van der Waals surface area contributed by atoms with Crippen LogP contribution in [0, 0.1) is 0 Å². The number of benzene rings is 1. The third-order valence-corrected chi connectivity index (χ3v) is 10.4. The number of amides is 1. The van der Waals surface area contributed by atoms with Gasteiger partial charge in [0.2, 0.25) is 5.91 Å². The lowest BCUT2D eigenvalue weighted by molar-refractivity contribution is -0.125. The monoisotopic (exact) mass is 493 g/mol. The molecule has 7 nitrogen and oxygen atoms in total. The van der Waals surface area contributed by atoms with Crippen molar-refractivity contribution < 1.29 is 18.8 Å². The van der Waals surface area contributed by atoms with Crippen molar-refractivity contribution in [1.82, 2.24) is 10.2 Å². The normalized spacial score (nSPS) is 36.4. The van der Waals surface area contributed by atoms with E-state index in [0.717, 1.165) is 63.0 Å². The molecule has 5 heterocycles. The quantitative estimate of drug-likeness (QED) is 0.653. The molecule has 8 heteroatoms. The summed E-state index contributed by atoms with van der Waals surface area (Å²) >= 11 is 0. The van der Waals surface area contributed by atoms with Gasteiger partial charge in [-0.3, -0.25) is 9.69 Å². The first-order chi connectivity index (χ1) is 17.2. The van der Waals surface area contributed by atoms with Crippen molar-refractivity contribution in [2.75, 3.05) is 31.1 Å². The van der Waals surface area contributed by atoms with Gasteiger partial charge in [0.05, 0.1) is 28.8 Å². The van der Waals surface area contributed by atoms with E-state index in [1.807, 2.05) is 0 Å². The molecule has 0 radical (unpaired) electrons. The van der Waals surface area contributed by atoms with Gasteiger partial charge in [-0.15, -0.1) is 0 Å². The summed E-state index contributed by atoms with van der Waals surface area (Å²) in [4.78, 5) is 19.0. The summed E-state index contributed by atoms with van der Waals surface area (Å²) in [5.74, 6) is 0.315. The van der Waals surface area contributed by atoms with Crippen molar-refractivity contribution in [2.45, 2.75) is 107 Å². The Kier molecular flexibility index (Phi) is 5.28. The number of nitrogens with zero attached hydrogens (tertiary/aromatic N) is 2. The van der Waals surface area contributed by atoms with Gasteiger partial charge in [0.25, 0.3) is 0 Å². The van der Waals surface area contributed by atoms with E-state index >= 15 is 0 Å². The summed E-state index contributed by atoms with van der Waals surface area (Å²) < 4.78 is 18.8. The number of ether oxygens (including phenoxy) is 1. The molecule has 2 unspecified atom stereocenters. The first-order valence-electron chi connectivity index (χ1n) is 14.1. The predicted octanol–water partition coefficient (Wildman–Crippen LogP) is 2.35. The molecule has 6 aliphatic rings. The predicted molar refractivity (Wildman–Crippen MR) is 140 cm³/mol. The van der Waals surface area contributed by atoms with E-state index < -0.39 is 12.5 Å². The number of carbonyl (C=O) groups excluding carboxylic acids is 1. The summed E-state index contributed by atoms with van der Waals surface area (Å²) in [7, 11) is -0.417. The van der Waals surface area contributed by atoms with E-state index in [0.29, 0.717) is 24.2 Å². The lowest BCUT2D eigenvalue weighted by Gasteiger charge is -2.49. The van der Waals surface area contributed by atoms with Crippen LogP contribution in [0.3, 0.4) is 0 Å². The molecule has 1 amide bonds. The van der Waals surface area contributed by atoms with Crippen LogP contribution in [0.1, 0.15) is 71.8 Å². The van der Waals surface area contributed by atoms with Crippen LogP contribution in [0.15, 0.2) is 18.2 Å². The first-order valence-corrected chi connectivity index (χ1v) is 14.1. The van der Waals surface area contributed by atoms with Crippen LogP contribution in [0.4, 0.5) is 5.69 Å². The van der Waals surface area contributed by atoms with E-state index in [1.54, 1.807) is 0 Å². The Hall–Kier alpha value is -1.45. The SMILES string of the molecule is CC1(C)OB(c2ccc3c(c2)N([C@H]2C[C@@H](N4CC5CCC(C4)O5)C2)C(=O)C32CCNCC2)OC1(C)C. The molecule has 2 bridgehead atoms. The lowest BCUT2D eigenvalue weighted by atomic mass is 9.72. The van der Waals surface area contributed by atoms with E-state index in [2.05, 4.69) is 61.0 Å². The molecular weight excluding hydrogens is 453 g/mol. The van der Waals surface area contributed by atoms with Crippen LogP contribution in [0.25, 0.3) is 0 Å². The Labute approximate surface area is 215 Å². The van der Waals surface area contributed by atoms with E-state index in [1.165, 1.54) is 18.4 Å². The summed E-state index contributed by atoms with van der Waals surface area (Å²) in [5, 5.41) is 3.47. The molecule has 5 fully saturated rings. The van der Waals surface area contributed by atoms with Crippen LogP contribution in [0.5, 0.6) is 0 Å². The van der Waals surface area contributed by atoms with Crippen molar-refractivity contribution in [3.05, 3.63) is 23.8 Å². The minimum atomic E-state index is -0.417. The Morgan fingerprint density at radius 2 is 1.58 bits per heavy atom. The highest BCUT2D eigenvalue weighted by molar-refractivity contribution is 6.62. The zero-order chi connectivity index (χ0) is 24.9. The highest BCUT2D eigenvalue weighted by atomic mass is 16.7. The second-order valence-electron chi connectivity index (χ2n) is 13.1. The Balaban J connectivity index is 1.17. The molecule has 7 rings (SSSR count). The standard InChI is InChI=1S/C28H40BN3O4/c1-26(2)27(3,4)36-29(35-26)18-5-8-23-24(13-18)32(25(33)28(23)9-11-30-12-10-28)20-14-19(15-20)31-16-21-6-7-22(17-31)34-21/h5,8,13,19-22,30H,6-7,9-12,14-17H2,1-4H3/t19-,20+,21?,22?. The minimum absolute atomic E-state index is 0.268. The van der Waals surface area contributed by atoms with Crippen LogP contribution >= 0.6 is 0 Å². The molecule has 0 aromatic heterocycles. The number of carbonyl (C=O) groups is 1. The summed E-state index contributed by atoms with van der Waals surface area (Å²) in [6, 6.07) is 7.37. The van der Waals surface area contributed by atoms with Gasteiger partial charge in [0.15, 0.2) is 0 Å². The Morgan fingerprint density at radius 3 is 2.22 bits per heavy atom. The molecule has 1 aliphatic carbocycles. The van der Waals surface area contributed by atoms with Gasteiger partial charge < -0.3 is 24.3 Å². The number of likely N-dealkylation sites (tertiary alicyclic amines) is 1. The molecule has 1 N–H and O–H groups in total. The fourth-order valence-corrected chi connectivity index (χ4v) is 7.45. The smallest absolute Gasteiger partial charge is 0.399 e. The number of piperidine rings is 1. The average molecular weight is 493 g/mol. The second kappa shape index (κ2) is 8.03. The maximum absolute atomic E-state index is 14.2. The summed E-state index contributed by atoms with van der Waals surface area (Å²) in [6.07, 6.45) is 7.08. The van der Waals surface area contributed by atoms with Gasteiger partial charge in [-0.25, -0.2) is 0 Å². The van der Waals surface area contributed by atoms with Crippen molar-refractivity contribution in [3.8, 4) is 0 Å². The number of hydrogen-bond donors (Lipinski definition) is 1. The largest absolute Gasteiger partial charge is 0.494 e. The number of rotatable bonds is 3. The third kappa shape index (κ3) is 3.41. The number of hydrogen-bond acceptors (Lipinski definition) is 6. The van der Waals surface area contributed by atoms with Crippen molar-refractivity contribution in [2.24, 2.45) is 0 Å². The molecule has 4 saturated heterocycles. The van der Waals surface area contributed by atoms with E-state index in [4.69, 9.17) is 14.0 Å². The number of morpholine rings is 1. The second-order valence-corrected chi connectivity index (χ2v) is 13.1. The zero-order valence-electron chi connectivity index (χ0n) is 22.2. The summed E-state index contributed by atoms with van der Waals surface area (Å²) in [6.45, 7) is 12.3. The maximum atomic E-state index is 14.2. The van der Waals surface area contributed by atoms with Gasteiger partial charge in [-0.1, -0.05) is 12.1 Å². The number of fused-ring (bicyclic) bond motifs is 4. The highest BCUT2D eigenvalue weighted by Crippen LogP contribution is 2.50. The third-order valence-electron chi connectivity index (χ3n) is 10.4. The zero-order valence-corrected chi connectivity index (χ0v) is 22.2.